The molecule has 1 aliphatic heterocycles. The molecule has 4 aromatic rings. The van der Waals surface area contributed by atoms with E-state index in [1.807, 2.05) is 32.9 Å². The lowest BCUT2D eigenvalue weighted by molar-refractivity contribution is -0.0411. The number of aryl methyl sites for hydroxylation is 1. The van der Waals surface area contributed by atoms with E-state index in [1.165, 1.54) is 5.56 Å². The SMILES string of the molecule is Cc1nc(NCc2ccc(OC(C)C)cc2)c2sc3nc4c(cc3c2n1)COC(C)(C)C4. The third-order valence-corrected chi connectivity index (χ3v) is 6.65. The first kappa shape index (κ1) is 21.1. The number of nitrogens with one attached hydrogen (secondary N) is 1. The van der Waals surface area contributed by atoms with Gasteiger partial charge in [-0.25, -0.2) is 15.0 Å². The number of benzene rings is 1. The Bertz CT molecular complexity index is 1300. The number of hydrogen-bond acceptors (Lipinski definition) is 7. The van der Waals surface area contributed by atoms with Crippen molar-refractivity contribution >= 4 is 37.6 Å². The molecule has 0 radical (unpaired) electrons. The smallest absolute Gasteiger partial charge is 0.148 e. The summed E-state index contributed by atoms with van der Waals surface area (Å²) in [7, 11) is 0. The number of aromatic nitrogens is 3. The van der Waals surface area contributed by atoms with Crippen LogP contribution < -0.4 is 10.1 Å². The van der Waals surface area contributed by atoms with Crippen molar-refractivity contribution in [3.8, 4) is 5.75 Å². The van der Waals surface area contributed by atoms with E-state index in [2.05, 4.69) is 37.4 Å². The van der Waals surface area contributed by atoms with Gasteiger partial charge in [0.15, 0.2) is 0 Å². The molecule has 6 nitrogen and oxygen atoms in total. The number of hydrogen-bond donors (Lipinski definition) is 1. The van der Waals surface area contributed by atoms with Crippen LogP contribution in [-0.2, 0) is 24.3 Å². The lowest BCUT2D eigenvalue weighted by Gasteiger charge is -2.30. The molecule has 3 aromatic heterocycles. The number of fused-ring (bicyclic) bond motifs is 4. The van der Waals surface area contributed by atoms with Crippen molar-refractivity contribution in [1.29, 1.82) is 0 Å². The fourth-order valence-corrected chi connectivity index (χ4v) is 5.11. The number of anilines is 1. The molecule has 0 atom stereocenters. The molecule has 1 aromatic carbocycles. The van der Waals surface area contributed by atoms with Gasteiger partial charge in [0.25, 0.3) is 0 Å². The Hall–Kier alpha value is -2.77. The van der Waals surface area contributed by atoms with E-state index in [0.717, 1.165) is 55.5 Å². The molecular weight excluding hydrogens is 420 g/mol. The predicted octanol–water partition coefficient (Wildman–Crippen LogP) is 5.80. The Morgan fingerprint density at radius 3 is 2.69 bits per heavy atom. The van der Waals surface area contributed by atoms with Gasteiger partial charge in [0, 0.05) is 23.9 Å². The minimum absolute atomic E-state index is 0.168. The molecule has 1 N–H and O–H groups in total. The number of rotatable bonds is 5. The van der Waals surface area contributed by atoms with Gasteiger partial charge in [-0.1, -0.05) is 12.1 Å². The number of pyridine rings is 1. The molecule has 0 spiro atoms. The fraction of sp³-hybridized carbons (Fsp3) is 0.400. The second kappa shape index (κ2) is 7.98. The molecule has 0 fully saturated rings. The Labute approximate surface area is 192 Å². The van der Waals surface area contributed by atoms with E-state index in [-0.39, 0.29) is 11.7 Å². The van der Waals surface area contributed by atoms with E-state index in [0.29, 0.717) is 13.2 Å². The topological polar surface area (TPSA) is 69.2 Å². The van der Waals surface area contributed by atoms with Crippen LogP contribution in [0.1, 0.15) is 50.3 Å². The molecule has 0 aliphatic carbocycles. The van der Waals surface area contributed by atoms with E-state index in [9.17, 15) is 0 Å². The van der Waals surface area contributed by atoms with Crippen LogP contribution in [0.3, 0.4) is 0 Å². The van der Waals surface area contributed by atoms with Gasteiger partial charge in [-0.15, -0.1) is 11.3 Å². The Balaban J connectivity index is 1.47. The van der Waals surface area contributed by atoms with Gasteiger partial charge in [0.05, 0.1) is 34.2 Å². The van der Waals surface area contributed by atoms with Crippen molar-refractivity contribution in [3.63, 3.8) is 0 Å². The first-order valence-corrected chi connectivity index (χ1v) is 11.8. The van der Waals surface area contributed by atoms with Gasteiger partial charge in [-0.3, -0.25) is 0 Å². The highest BCUT2D eigenvalue weighted by Gasteiger charge is 2.28. The van der Waals surface area contributed by atoms with Gasteiger partial charge in [0.2, 0.25) is 0 Å². The summed E-state index contributed by atoms with van der Waals surface area (Å²) in [5.74, 6) is 2.48. The van der Waals surface area contributed by atoms with E-state index in [4.69, 9.17) is 24.4 Å². The quantitative estimate of drug-likeness (QED) is 0.416. The second-order valence-electron chi connectivity index (χ2n) is 9.24. The minimum Gasteiger partial charge on any atom is -0.491 e. The van der Waals surface area contributed by atoms with Gasteiger partial charge >= 0.3 is 0 Å². The summed E-state index contributed by atoms with van der Waals surface area (Å²) in [6.07, 6.45) is 0.986. The van der Waals surface area contributed by atoms with Gasteiger partial charge in [-0.2, -0.15) is 0 Å². The monoisotopic (exact) mass is 448 g/mol. The van der Waals surface area contributed by atoms with E-state index in [1.54, 1.807) is 11.3 Å². The summed E-state index contributed by atoms with van der Waals surface area (Å²) in [4.78, 5) is 15.5. The predicted molar refractivity (Wildman–Crippen MR) is 130 cm³/mol. The molecule has 0 unspecified atom stereocenters. The highest BCUT2D eigenvalue weighted by Crippen LogP contribution is 2.38. The highest BCUT2D eigenvalue weighted by molar-refractivity contribution is 7.25. The molecule has 7 heteroatoms. The largest absolute Gasteiger partial charge is 0.491 e. The van der Waals surface area contributed by atoms with Crippen LogP contribution in [-0.4, -0.2) is 26.7 Å². The van der Waals surface area contributed by atoms with Crippen LogP contribution in [0, 0.1) is 6.92 Å². The summed E-state index contributed by atoms with van der Waals surface area (Å²) in [6.45, 7) is 11.5. The Morgan fingerprint density at radius 1 is 1.16 bits per heavy atom. The highest BCUT2D eigenvalue weighted by atomic mass is 32.1. The molecule has 0 amide bonds. The normalized spacial score (nSPS) is 15.3. The second-order valence-corrected chi connectivity index (χ2v) is 10.2. The van der Waals surface area contributed by atoms with Gasteiger partial charge < -0.3 is 14.8 Å². The summed E-state index contributed by atoms with van der Waals surface area (Å²) in [5, 5.41) is 4.59. The van der Waals surface area contributed by atoms with Crippen molar-refractivity contribution in [2.75, 3.05) is 5.32 Å². The van der Waals surface area contributed by atoms with Gasteiger partial charge in [-0.05, 0) is 58.4 Å². The zero-order valence-corrected chi connectivity index (χ0v) is 20.0. The number of thiophene rings is 1. The van der Waals surface area contributed by atoms with Crippen molar-refractivity contribution in [1.82, 2.24) is 15.0 Å². The standard InChI is InChI=1S/C25H28N4O2S/c1-14(2)31-18-8-6-16(7-9-18)12-26-23-22-21(27-15(3)28-23)19-10-17-13-30-25(4,5)11-20(17)29-24(19)32-22/h6-10,14H,11-13H2,1-5H3,(H,26,27,28). The maximum atomic E-state index is 6.00. The lowest BCUT2D eigenvalue weighted by Crippen LogP contribution is -2.32. The zero-order valence-electron chi connectivity index (χ0n) is 19.2. The molecule has 0 saturated carbocycles. The Kier molecular flexibility index (Phi) is 5.26. The van der Waals surface area contributed by atoms with Crippen LogP contribution in [0.25, 0.3) is 20.4 Å². The van der Waals surface area contributed by atoms with Crippen LogP contribution in [0.2, 0.25) is 0 Å². The summed E-state index contributed by atoms with van der Waals surface area (Å²) in [6, 6.07) is 10.4. The molecule has 5 rings (SSSR count). The third-order valence-electron chi connectivity index (χ3n) is 5.55. The van der Waals surface area contributed by atoms with E-state index < -0.39 is 0 Å². The fourth-order valence-electron chi connectivity index (χ4n) is 4.03. The van der Waals surface area contributed by atoms with E-state index >= 15 is 0 Å². The average Bonchev–Trinajstić information content (AvgIpc) is 3.07. The molecule has 32 heavy (non-hydrogen) atoms. The zero-order chi connectivity index (χ0) is 22.5. The molecule has 0 bridgehead atoms. The van der Waals surface area contributed by atoms with Crippen molar-refractivity contribution in [2.45, 2.75) is 65.9 Å². The molecular formula is C25H28N4O2S. The van der Waals surface area contributed by atoms with Crippen molar-refractivity contribution in [3.05, 3.63) is 53.0 Å². The Morgan fingerprint density at radius 2 is 1.94 bits per heavy atom. The molecule has 0 saturated heterocycles. The van der Waals surface area contributed by atoms with Crippen LogP contribution in [0.5, 0.6) is 5.75 Å². The summed E-state index contributed by atoms with van der Waals surface area (Å²) >= 11 is 1.65. The first-order valence-electron chi connectivity index (χ1n) is 11.0. The third kappa shape index (κ3) is 4.14. The van der Waals surface area contributed by atoms with Crippen molar-refractivity contribution < 1.29 is 9.47 Å². The molecule has 4 heterocycles. The summed E-state index contributed by atoms with van der Waals surface area (Å²) < 4.78 is 12.8. The molecule has 1 aliphatic rings. The molecule has 166 valence electrons. The minimum atomic E-state index is -0.177. The maximum absolute atomic E-state index is 6.00. The van der Waals surface area contributed by atoms with Crippen LogP contribution in [0.15, 0.2) is 30.3 Å². The maximum Gasteiger partial charge on any atom is 0.148 e. The van der Waals surface area contributed by atoms with Crippen molar-refractivity contribution in [2.24, 2.45) is 0 Å². The number of ether oxygens (including phenoxy) is 2. The number of nitrogens with zero attached hydrogens (tertiary/aromatic N) is 3. The lowest BCUT2D eigenvalue weighted by atomic mass is 9.95. The average molecular weight is 449 g/mol. The first-order chi connectivity index (χ1) is 15.3. The van der Waals surface area contributed by atoms with Crippen LogP contribution in [0.4, 0.5) is 5.82 Å². The van der Waals surface area contributed by atoms with Gasteiger partial charge in [0.1, 0.15) is 22.2 Å². The summed E-state index contributed by atoms with van der Waals surface area (Å²) in [5.41, 5.74) is 4.23. The van der Waals surface area contributed by atoms with Crippen LogP contribution >= 0.6 is 11.3 Å².